The van der Waals surface area contributed by atoms with Crippen LogP contribution in [0.4, 0.5) is 5.69 Å². The molecule has 3 rings (SSSR count). The van der Waals surface area contributed by atoms with Gasteiger partial charge in [-0.2, -0.15) is 4.37 Å². The van der Waals surface area contributed by atoms with Crippen molar-refractivity contribution in [2.75, 3.05) is 12.8 Å². The molecule has 0 radical (unpaired) electrons. The highest BCUT2D eigenvalue weighted by molar-refractivity contribution is 7.09. The van der Waals surface area contributed by atoms with E-state index < -0.39 is 17.9 Å². The third-order valence-corrected chi connectivity index (χ3v) is 6.52. The van der Waals surface area contributed by atoms with Crippen LogP contribution < -0.4 is 21.5 Å². The molecule has 2 aromatic rings. The molecule has 0 spiro atoms. The van der Waals surface area contributed by atoms with Crippen molar-refractivity contribution in [1.29, 1.82) is 0 Å². The molecule has 10 heteroatoms. The molecule has 1 unspecified atom stereocenters. The van der Waals surface area contributed by atoms with Crippen molar-refractivity contribution >= 4 is 34.9 Å². The van der Waals surface area contributed by atoms with Crippen molar-refractivity contribution in [3.8, 4) is 5.75 Å². The van der Waals surface area contributed by atoms with E-state index in [9.17, 15) is 14.4 Å². The van der Waals surface area contributed by atoms with Crippen LogP contribution in [0.5, 0.6) is 5.75 Å². The Morgan fingerprint density at radius 3 is 2.62 bits per heavy atom. The van der Waals surface area contributed by atoms with Gasteiger partial charge >= 0.3 is 0 Å². The number of ether oxygens (including phenoxy) is 1. The third kappa shape index (κ3) is 5.18. The van der Waals surface area contributed by atoms with Crippen molar-refractivity contribution < 1.29 is 19.1 Å². The molecule has 1 aliphatic rings. The second kappa shape index (κ2) is 10.4. The summed E-state index contributed by atoms with van der Waals surface area (Å²) < 4.78 is 9.23. The topological polar surface area (TPSA) is 141 Å². The lowest BCUT2D eigenvalue weighted by Gasteiger charge is -2.31. The Balaban J connectivity index is 1.94. The van der Waals surface area contributed by atoms with E-state index in [1.165, 1.54) is 4.90 Å². The number of carbonyl (C=O) groups is 3. The number of nitrogens with two attached hydrogens (primary N) is 2. The summed E-state index contributed by atoms with van der Waals surface area (Å²) in [6, 6.07) is 6.71. The van der Waals surface area contributed by atoms with Crippen molar-refractivity contribution in [2.24, 2.45) is 5.73 Å². The number of carbonyl (C=O) groups excluding carboxylic acids is 3. The smallest absolute Gasteiger partial charge is 0.270 e. The Labute approximate surface area is 191 Å². The molecule has 3 amide bonds. The Bertz CT molecular complexity index is 986. The van der Waals surface area contributed by atoms with Gasteiger partial charge in [0.05, 0.1) is 12.8 Å². The van der Waals surface area contributed by atoms with Crippen molar-refractivity contribution in [2.45, 2.75) is 57.7 Å². The van der Waals surface area contributed by atoms with Gasteiger partial charge in [-0.3, -0.25) is 14.4 Å². The number of benzene rings is 1. The number of nitrogen functional groups attached to an aromatic ring is 1. The highest BCUT2D eigenvalue weighted by Crippen LogP contribution is 2.27. The first kappa shape index (κ1) is 23.5. The van der Waals surface area contributed by atoms with E-state index >= 15 is 0 Å². The van der Waals surface area contributed by atoms with E-state index in [0.29, 0.717) is 12.2 Å². The summed E-state index contributed by atoms with van der Waals surface area (Å²) in [5, 5.41) is 3.09. The molecule has 32 heavy (non-hydrogen) atoms. The molecule has 0 saturated heterocycles. The number of nitrogens with one attached hydrogen (secondary N) is 1. The minimum atomic E-state index is -0.803. The van der Waals surface area contributed by atoms with Gasteiger partial charge in [0.25, 0.3) is 11.8 Å². The number of amides is 3. The van der Waals surface area contributed by atoms with Crippen LogP contribution in [-0.4, -0.2) is 46.2 Å². The van der Waals surface area contributed by atoms with Gasteiger partial charge in [-0.05, 0) is 48.5 Å². The second-order valence-electron chi connectivity index (χ2n) is 7.84. The first-order valence-electron chi connectivity index (χ1n) is 10.6. The van der Waals surface area contributed by atoms with E-state index in [4.69, 9.17) is 16.2 Å². The zero-order chi connectivity index (χ0) is 23.3. The van der Waals surface area contributed by atoms with Gasteiger partial charge in [-0.15, -0.1) is 0 Å². The maximum Gasteiger partial charge on any atom is 0.270 e. The summed E-state index contributed by atoms with van der Waals surface area (Å²) in [6.45, 7) is 2.02. The monoisotopic (exact) mass is 459 g/mol. The zero-order valence-corrected chi connectivity index (χ0v) is 19.1. The Hall–Kier alpha value is -3.14. The lowest BCUT2D eigenvalue weighted by molar-refractivity contribution is -0.126. The van der Waals surface area contributed by atoms with Crippen LogP contribution in [0.25, 0.3) is 0 Å². The van der Waals surface area contributed by atoms with Crippen molar-refractivity contribution in [3.63, 3.8) is 0 Å². The fourth-order valence-corrected chi connectivity index (χ4v) is 4.73. The van der Waals surface area contributed by atoms with Gasteiger partial charge in [0.1, 0.15) is 16.7 Å². The van der Waals surface area contributed by atoms with Gasteiger partial charge in [0.2, 0.25) is 5.91 Å². The quantitative estimate of drug-likeness (QED) is 0.525. The SMILES string of the molecule is CCC(C(=O)NC1CCCC1)N(Cc1cccc(OC)c1)C(=O)c1snc(C(N)=O)c1N. The molecule has 1 aromatic carbocycles. The summed E-state index contributed by atoms with van der Waals surface area (Å²) in [4.78, 5) is 39.9. The predicted octanol–water partition coefficient (Wildman–Crippen LogP) is 2.31. The van der Waals surface area contributed by atoms with Crippen LogP contribution >= 0.6 is 11.5 Å². The number of methoxy groups -OCH3 is 1. The van der Waals surface area contributed by atoms with Crippen LogP contribution in [0.15, 0.2) is 24.3 Å². The van der Waals surface area contributed by atoms with Crippen LogP contribution in [0, 0.1) is 0 Å². The highest BCUT2D eigenvalue weighted by Gasteiger charge is 2.34. The van der Waals surface area contributed by atoms with Gasteiger partial charge < -0.3 is 26.4 Å². The Kier molecular flexibility index (Phi) is 7.68. The maximum atomic E-state index is 13.6. The van der Waals surface area contributed by atoms with Gasteiger partial charge in [0.15, 0.2) is 5.69 Å². The van der Waals surface area contributed by atoms with Crippen molar-refractivity contribution in [1.82, 2.24) is 14.6 Å². The molecular formula is C22H29N5O4S. The van der Waals surface area contributed by atoms with Gasteiger partial charge in [-0.1, -0.05) is 31.9 Å². The number of nitrogens with zero attached hydrogens (tertiary/aromatic N) is 2. The molecule has 5 N–H and O–H groups in total. The second-order valence-corrected chi connectivity index (χ2v) is 8.61. The molecule has 1 saturated carbocycles. The molecular weight excluding hydrogens is 430 g/mol. The summed E-state index contributed by atoms with van der Waals surface area (Å²) in [5.74, 6) is -0.826. The van der Waals surface area contributed by atoms with Gasteiger partial charge in [-0.25, -0.2) is 0 Å². The normalized spacial score (nSPS) is 14.7. The summed E-state index contributed by atoms with van der Waals surface area (Å²) in [7, 11) is 1.56. The zero-order valence-electron chi connectivity index (χ0n) is 18.3. The van der Waals surface area contributed by atoms with E-state index in [2.05, 4.69) is 9.69 Å². The fraction of sp³-hybridized carbons (Fsp3) is 0.455. The number of hydrogen-bond donors (Lipinski definition) is 3. The first-order valence-corrected chi connectivity index (χ1v) is 11.4. The van der Waals surface area contributed by atoms with Crippen LogP contribution in [0.3, 0.4) is 0 Å². The summed E-state index contributed by atoms with van der Waals surface area (Å²) in [5.41, 5.74) is 11.9. The van der Waals surface area contributed by atoms with Crippen LogP contribution in [-0.2, 0) is 11.3 Å². The highest BCUT2D eigenvalue weighted by atomic mass is 32.1. The lowest BCUT2D eigenvalue weighted by Crippen LogP contribution is -2.50. The van der Waals surface area contributed by atoms with Crippen molar-refractivity contribution in [3.05, 3.63) is 40.4 Å². The standard InChI is InChI=1S/C22H29N5O4S/c1-3-16(21(29)25-14-8-4-5-9-14)27(12-13-7-6-10-15(11-13)31-2)22(30)19-17(23)18(20(24)28)26-32-19/h6-7,10-11,14,16H,3-5,8-9,12,23H2,1-2H3,(H2,24,28)(H,25,29). The molecule has 1 aromatic heterocycles. The summed E-state index contributed by atoms with van der Waals surface area (Å²) >= 11 is 0.808. The minimum absolute atomic E-state index is 0.0609. The largest absolute Gasteiger partial charge is 0.497 e. The number of hydrogen-bond acceptors (Lipinski definition) is 7. The van der Waals surface area contributed by atoms with Crippen LogP contribution in [0.2, 0.25) is 0 Å². The molecule has 1 atom stereocenters. The molecule has 172 valence electrons. The minimum Gasteiger partial charge on any atom is -0.497 e. The molecule has 1 heterocycles. The molecule has 0 bridgehead atoms. The number of aromatic nitrogens is 1. The average Bonchev–Trinajstić information content (AvgIpc) is 3.42. The first-order chi connectivity index (χ1) is 15.3. The summed E-state index contributed by atoms with van der Waals surface area (Å²) in [6.07, 6.45) is 4.46. The number of rotatable bonds is 9. The Morgan fingerprint density at radius 2 is 2.03 bits per heavy atom. The molecule has 1 aliphatic carbocycles. The fourth-order valence-electron chi connectivity index (χ4n) is 3.97. The van der Waals surface area contributed by atoms with E-state index in [-0.39, 0.29) is 34.8 Å². The van der Waals surface area contributed by atoms with E-state index in [1.807, 2.05) is 25.1 Å². The molecule has 9 nitrogen and oxygen atoms in total. The number of primary amides is 1. The van der Waals surface area contributed by atoms with E-state index in [0.717, 1.165) is 42.8 Å². The molecule has 0 aliphatic heterocycles. The van der Waals surface area contributed by atoms with Crippen LogP contribution in [0.1, 0.15) is 64.8 Å². The lowest BCUT2D eigenvalue weighted by atomic mass is 10.1. The number of anilines is 1. The predicted molar refractivity (Wildman–Crippen MR) is 122 cm³/mol. The average molecular weight is 460 g/mol. The Morgan fingerprint density at radius 1 is 1.31 bits per heavy atom. The van der Waals surface area contributed by atoms with Gasteiger partial charge in [0, 0.05) is 12.6 Å². The third-order valence-electron chi connectivity index (χ3n) is 5.67. The van der Waals surface area contributed by atoms with E-state index in [1.54, 1.807) is 13.2 Å². The molecule has 1 fully saturated rings. The maximum absolute atomic E-state index is 13.6.